The quantitative estimate of drug-likeness (QED) is 0.738. The summed E-state index contributed by atoms with van der Waals surface area (Å²) in [5, 5.41) is 0.488. The van der Waals surface area contributed by atoms with Gasteiger partial charge in [-0.05, 0) is 24.6 Å². The molecule has 0 aliphatic carbocycles. The minimum atomic E-state index is -0.0585. The lowest BCUT2D eigenvalue weighted by atomic mass is 9.98. The predicted octanol–water partition coefficient (Wildman–Crippen LogP) is 3.50. The molecule has 0 bridgehead atoms. The topological polar surface area (TPSA) is 26.3 Å². The second kappa shape index (κ2) is 4.67. The molecule has 0 radical (unpaired) electrons. The molecule has 0 fully saturated rings. The summed E-state index contributed by atoms with van der Waals surface area (Å²) in [6, 6.07) is 3.60. The van der Waals surface area contributed by atoms with E-state index >= 15 is 0 Å². The van der Waals surface area contributed by atoms with Crippen LogP contribution in [-0.4, -0.2) is 12.9 Å². The van der Waals surface area contributed by atoms with Crippen LogP contribution in [0.5, 0.6) is 5.75 Å². The van der Waals surface area contributed by atoms with Gasteiger partial charge in [-0.25, -0.2) is 0 Å². The van der Waals surface area contributed by atoms with E-state index in [0.29, 0.717) is 16.3 Å². The SMILES string of the molecule is COc1c(Cl)cc(C)cc1C(=O)C(C)C. The monoisotopic (exact) mass is 226 g/mol. The van der Waals surface area contributed by atoms with Crippen LogP contribution in [0, 0.1) is 12.8 Å². The van der Waals surface area contributed by atoms with E-state index in [4.69, 9.17) is 16.3 Å². The van der Waals surface area contributed by atoms with E-state index in [1.54, 1.807) is 6.07 Å². The van der Waals surface area contributed by atoms with Gasteiger partial charge in [0.15, 0.2) is 5.78 Å². The number of methoxy groups -OCH3 is 1. The lowest BCUT2D eigenvalue weighted by Crippen LogP contribution is -2.09. The van der Waals surface area contributed by atoms with Gasteiger partial charge in [0.25, 0.3) is 0 Å². The summed E-state index contributed by atoms with van der Waals surface area (Å²) >= 11 is 6.01. The van der Waals surface area contributed by atoms with E-state index in [1.807, 2.05) is 26.8 Å². The fourth-order valence-corrected chi connectivity index (χ4v) is 1.78. The third-order valence-electron chi connectivity index (χ3n) is 2.18. The molecule has 1 aromatic carbocycles. The normalized spacial score (nSPS) is 10.5. The average Bonchev–Trinajstić information content (AvgIpc) is 2.15. The number of hydrogen-bond donors (Lipinski definition) is 0. The molecule has 0 heterocycles. The largest absolute Gasteiger partial charge is 0.494 e. The molecule has 1 rings (SSSR count). The second-order valence-corrected chi connectivity index (χ2v) is 4.25. The van der Waals surface area contributed by atoms with E-state index in [1.165, 1.54) is 7.11 Å². The Kier molecular flexibility index (Phi) is 3.75. The first-order chi connectivity index (χ1) is 6.97. The number of carbonyl (C=O) groups excluding carboxylic acids is 1. The van der Waals surface area contributed by atoms with Crippen molar-refractivity contribution in [2.24, 2.45) is 5.92 Å². The summed E-state index contributed by atoms with van der Waals surface area (Å²) in [7, 11) is 1.52. The molecule has 82 valence electrons. The maximum Gasteiger partial charge on any atom is 0.169 e. The van der Waals surface area contributed by atoms with Crippen molar-refractivity contribution in [1.82, 2.24) is 0 Å². The molecule has 0 aliphatic rings. The Morgan fingerprint density at radius 1 is 1.40 bits per heavy atom. The van der Waals surface area contributed by atoms with Gasteiger partial charge in [-0.2, -0.15) is 0 Å². The van der Waals surface area contributed by atoms with Gasteiger partial charge in [0.1, 0.15) is 5.75 Å². The van der Waals surface area contributed by atoms with Gasteiger partial charge in [-0.3, -0.25) is 4.79 Å². The number of Topliss-reactive ketones (excluding diaryl/α,β-unsaturated/α-hetero) is 1. The van der Waals surface area contributed by atoms with Crippen molar-refractivity contribution in [2.45, 2.75) is 20.8 Å². The Balaban J connectivity index is 3.32. The first-order valence-corrected chi connectivity index (χ1v) is 5.23. The first kappa shape index (κ1) is 12.1. The number of halogens is 1. The predicted molar refractivity (Wildman–Crippen MR) is 61.9 cm³/mol. The van der Waals surface area contributed by atoms with Gasteiger partial charge in [0.05, 0.1) is 17.7 Å². The lowest BCUT2D eigenvalue weighted by molar-refractivity contribution is 0.0936. The van der Waals surface area contributed by atoms with Crippen LogP contribution in [0.25, 0.3) is 0 Å². The van der Waals surface area contributed by atoms with Crippen LogP contribution in [0.15, 0.2) is 12.1 Å². The Bertz CT molecular complexity index is 383. The van der Waals surface area contributed by atoms with Crippen molar-refractivity contribution in [1.29, 1.82) is 0 Å². The molecule has 1 aromatic rings. The second-order valence-electron chi connectivity index (χ2n) is 3.85. The van der Waals surface area contributed by atoms with Crippen molar-refractivity contribution in [3.8, 4) is 5.75 Å². The highest BCUT2D eigenvalue weighted by molar-refractivity contribution is 6.32. The van der Waals surface area contributed by atoms with E-state index in [9.17, 15) is 4.79 Å². The zero-order valence-corrected chi connectivity index (χ0v) is 10.2. The summed E-state index contributed by atoms with van der Waals surface area (Å²) < 4.78 is 5.15. The van der Waals surface area contributed by atoms with Crippen molar-refractivity contribution in [3.63, 3.8) is 0 Å². The van der Waals surface area contributed by atoms with Gasteiger partial charge in [0.2, 0.25) is 0 Å². The van der Waals surface area contributed by atoms with E-state index in [-0.39, 0.29) is 11.7 Å². The fraction of sp³-hybridized carbons (Fsp3) is 0.417. The van der Waals surface area contributed by atoms with Crippen LogP contribution >= 0.6 is 11.6 Å². The summed E-state index contributed by atoms with van der Waals surface area (Å²) in [5.41, 5.74) is 1.53. The molecule has 0 aliphatic heterocycles. The van der Waals surface area contributed by atoms with Crippen molar-refractivity contribution in [3.05, 3.63) is 28.3 Å². The van der Waals surface area contributed by atoms with Crippen molar-refractivity contribution in [2.75, 3.05) is 7.11 Å². The third kappa shape index (κ3) is 2.51. The molecule has 0 atom stereocenters. The van der Waals surface area contributed by atoms with Gasteiger partial charge in [0, 0.05) is 5.92 Å². The van der Waals surface area contributed by atoms with Gasteiger partial charge in [-0.1, -0.05) is 25.4 Å². The maximum absolute atomic E-state index is 11.9. The number of rotatable bonds is 3. The van der Waals surface area contributed by atoms with Gasteiger partial charge >= 0.3 is 0 Å². The molecule has 15 heavy (non-hydrogen) atoms. The molecule has 0 aromatic heterocycles. The standard InChI is InChI=1S/C12H15ClO2/c1-7(2)11(14)9-5-8(3)6-10(13)12(9)15-4/h5-7H,1-4H3. The Morgan fingerprint density at radius 3 is 2.47 bits per heavy atom. The van der Waals surface area contributed by atoms with Crippen molar-refractivity contribution >= 4 is 17.4 Å². The molecule has 2 nitrogen and oxygen atoms in total. The molecule has 0 amide bonds. The number of aryl methyl sites for hydroxylation is 1. The van der Waals surface area contributed by atoms with Crippen LogP contribution in [0.1, 0.15) is 29.8 Å². The fourth-order valence-electron chi connectivity index (χ4n) is 1.43. The van der Waals surface area contributed by atoms with Crippen LogP contribution in [0.3, 0.4) is 0 Å². The summed E-state index contributed by atoms with van der Waals surface area (Å²) in [5.74, 6) is 0.468. The minimum absolute atomic E-state index is 0.0532. The van der Waals surface area contributed by atoms with E-state index in [2.05, 4.69) is 0 Å². The zero-order valence-electron chi connectivity index (χ0n) is 9.43. The van der Waals surface area contributed by atoms with Crippen LogP contribution in [-0.2, 0) is 0 Å². The number of carbonyl (C=O) groups is 1. The molecule has 3 heteroatoms. The molecule has 0 N–H and O–H groups in total. The summed E-state index contributed by atoms with van der Waals surface area (Å²) in [6.07, 6.45) is 0. The number of hydrogen-bond acceptors (Lipinski definition) is 2. The van der Waals surface area contributed by atoms with Crippen LogP contribution < -0.4 is 4.74 Å². The molecular formula is C12H15ClO2. The minimum Gasteiger partial charge on any atom is -0.494 e. The van der Waals surface area contributed by atoms with E-state index in [0.717, 1.165) is 5.56 Å². The number of ether oxygens (including phenoxy) is 1. The Hall–Kier alpha value is -1.02. The molecule has 0 spiro atoms. The molecule has 0 unspecified atom stereocenters. The zero-order chi connectivity index (χ0) is 11.6. The highest BCUT2D eigenvalue weighted by Crippen LogP contribution is 2.31. The highest BCUT2D eigenvalue weighted by Gasteiger charge is 2.18. The van der Waals surface area contributed by atoms with Crippen molar-refractivity contribution < 1.29 is 9.53 Å². The Labute approximate surface area is 95.2 Å². The molecule has 0 saturated carbocycles. The molecular weight excluding hydrogens is 212 g/mol. The number of ketones is 1. The van der Waals surface area contributed by atoms with Crippen LogP contribution in [0.2, 0.25) is 5.02 Å². The average molecular weight is 227 g/mol. The van der Waals surface area contributed by atoms with E-state index < -0.39 is 0 Å². The highest BCUT2D eigenvalue weighted by atomic mass is 35.5. The summed E-state index contributed by atoms with van der Waals surface area (Å²) in [4.78, 5) is 11.9. The third-order valence-corrected chi connectivity index (χ3v) is 2.46. The van der Waals surface area contributed by atoms with Gasteiger partial charge in [-0.15, -0.1) is 0 Å². The summed E-state index contributed by atoms with van der Waals surface area (Å²) in [6.45, 7) is 5.62. The smallest absolute Gasteiger partial charge is 0.169 e. The Morgan fingerprint density at radius 2 is 2.00 bits per heavy atom. The molecule has 0 saturated heterocycles. The van der Waals surface area contributed by atoms with Gasteiger partial charge < -0.3 is 4.74 Å². The lowest BCUT2D eigenvalue weighted by Gasteiger charge is -2.12. The number of benzene rings is 1. The van der Waals surface area contributed by atoms with Crippen LogP contribution in [0.4, 0.5) is 0 Å². The first-order valence-electron chi connectivity index (χ1n) is 4.85. The maximum atomic E-state index is 11.9.